The van der Waals surface area contributed by atoms with E-state index in [4.69, 9.17) is 9.47 Å². The van der Waals surface area contributed by atoms with Crippen molar-refractivity contribution in [1.82, 2.24) is 4.57 Å². The molecule has 0 amide bonds. The monoisotopic (exact) mass is 387 g/mol. The Hall–Kier alpha value is -3.01. The molecule has 1 saturated carbocycles. The molecule has 2 heterocycles. The summed E-state index contributed by atoms with van der Waals surface area (Å²) in [4.78, 5) is 11.9. The van der Waals surface area contributed by atoms with Crippen molar-refractivity contribution in [3.05, 3.63) is 72.2 Å². The van der Waals surface area contributed by atoms with Crippen LogP contribution in [0.15, 0.2) is 61.1 Å². The maximum atomic E-state index is 11.9. The number of ether oxygens (including phenoxy) is 2. The lowest BCUT2D eigenvalue weighted by Gasteiger charge is -2.24. The number of aromatic nitrogens is 1. The molecule has 5 rings (SSSR count). The summed E-state index contributed by atoms with van der Waals surface area (Å²) in [5.41, 5.74) is 5.40. The van der Waals surface area contributed by atoms with Crippen LogP contribution in [0, 0.1) is 0 Å². The predicted molar refractivity (Wildman–Crippen MR) is 114 cm³/mol. The van der Waals surface area contributed by atoms with Crippen molar-refractivity contribution >= 4 is 17.2 Å². The largest absolute Gasteiger partial charge is 0.457 e. The van der Waals surface area contributed by atoms with Crippen molar-refractivity contribution in [3.63, 3.8) is 0 Å². The van der Waals surface area contributed by atoms with Gasteiger partial charge in [-0.3, -0.25) is 4.79 Å². The van der Waals surface area contributed by atoms with Gasteiger partial charge in [-0.25, -0.2) is 0 Å². The molecule has 0 atom stereocenters. The van der Waals surface area contributed by atoms with Crippen LogP contribution in [0.5, 0.6) is 0 Å². The summed E-state index contributed by atoms with van der Waals surface area (Å²) in [5, 5.41) is 1.28. The van der Waals surface area contributed by atoms with E-state index < -0.39 is 0 Å². The van der Waals surface area contributed by atoms with Crippen LogP contribution in [0.2, 0.25) is 0 Å². The number of nitrogens with zero attached hydrogens (tertiary/aromatic N) is 1. The van der Waals surface area contributed by atoms with Crippen molar-refractivity contribution in [1.29, 1.82) is 0 Å². The van der Waals surface area contributed by atoms with Crippen molar-refractivity contribution in [2.24, 2.45) is 0 Å². The van der Waals surface area contributed by atoms with Crippen LogP contribution in [-0.2, 0) is 16.0 Å². The highest BCUT2D eigenvalue weighted by molar-refractivity contribution is 5.96. The maximum absolute atomic E-state index is 11.9. The number of rotatable bonds is 5. The van der Waals surface area contributed by atoms with Crippen molar-refractivity contribution in [2.45, 2.75) is 50.9 Å². The average molecular weight is 387 g/mol. The van der Waals surface area contributed by atoms with E-state index in [2.05, 4.69) is 34.9 Å². The zero-order valence-corrected chi connectivity index (χ0v) is 16.4. The first-order valence-electron chi connectivity index (χ1n) is 10.5. The zero-order chi connectivity index (χ0) is 19.6. The normalized spacial score (nSPS) is 17.4. The summed E-state index contributed by atoms with van der Waals surface area (Å²) < 4.78 is 13.5. The number of fused-ring (bicyclic) bond motifs is 1. The van der Waals surface area contributed by atoms with Gasteiger partial charge in [-0.15, -0.1) is 0 Å². The molecule has 0 spiro atoms. The number of aldehydes is 1. The maximum Gasteiger partial charge on any atom is 0.257 e. The van der Waals surface area contributed by atoms with Crippen molar-refractivity contribution in [2.75, 3.05) is 0 Å². The Balaban J connectivity index is 1.77. The van der Waals surface area contributed by atoms with E-state index in [0.29, 0.717) is 12.5 Å². The standard InChI is InChI=1S/C25H25NO3/c27-17-19-10-4-5-11-20(19)25-24(18-8-2-1-3-9-18)21-12-6-7-13-22(21)26(25)16-23-28-14-15-29-23/h4-7,10-15,17-18,23H,1-3,8-9,16H2. The van der Waals surface area contributed by atoms with Crippen LogP contribution in [-0.4, -0.2) is 17.1 Å². The van der Waals surface area contributed by atoms with Crippen molar-refractivity contribution in [3.8, 4) is 11.3 Å². The Kier molecular flexibility index (Phi) is 4.84. The van der Waals surface area contributed by atoms with Gasteiger partial charge in [0.1, 0.15) is 12.5 Å². The third kappa shape index (κ3) is 3.23. The summed E-state index contributed by atoms with van der Waals surface area (Å²) in [6.45, 7) is 0.572. The molecule has 29 heavy (non-hydrogen) atoms. The number of carbonyl (C=O) groups excluding carboxylic acids is 1. The molecule has 3 aromatic rings. The molecule has 0 saturated heterocycles. The van der Waals surface area contributed by atoms with E-state index in [9.17, 15) is 4.79 Å². The van der Waals surface area contributed by atoms with Gasteiger partial charge in [-0.2, -0.15) is 0 Å². The van der Waals surface area contributed by atoms with Crippen LogP contribution in [0.3, 0.4) is 0 Å². The smallest absolute Gasteiger partial charge is 0.257 e. The van der Waals surface area contributed by atoms with Crippen LogP contribution < -0.4 is 0 Å². The van der Waals surface area contributed by atoms with Gasteiger partial charge in [0, 0.05) is 22.0 Å². The molecule has 4 nitrogen and oxygen atoms in total. The molecule has 0 N–H and O–H groups in total. The third-order valence-corrected chi connectivity index (χ3v) is 6.21. The molecule has 0 radical (unpaired) electrons. The first-order valence-corrected chi connectivity index (χ1v) is 10.5. The SMILES string of the molecule is O=Cc1ccccc1-c1c(C2CCCCC2)c2ccccc2n1CC1OC=CO1. The quantitative estimate of drug-likeness (QED) is 0.503. The highest BCUT2D eigenvalue weighted by Gasteiger charge is 2.28. The molecule has 0 bridgehead atoms. The minimum absolute atomic E-state index is 0.354. The lowest BCUT2D eigenvalue weighted by molar-refractivity contribution is -0.0331. The Labute approximate surface area is 170 Å². The van der Waals surface area contributed by atoms with Gasteiger partial charge < -0.3 is 14.0 Å². The summed E-state index contributed by atoms with van der Waals surface area (Å²) in [6.07, 6.45) is 10.0. The van der Waals surface area contributed by atoms with Gasteiger partial charge in [0.25, 0.3) is 6.29 Å². The number of benzene rings is 2. The molecule has 2 aromatic carbocycles. The Morgan fingerprint density at radius 3 is 2.45 bits per heavy atom. The average Bonchev–Trinajstić information content (AvgIpc) is 3.41. The van der Waals surface area contributed by atoms with Gasteiger partial charge in [0.2, 0.25) is 0 Å². The first kappa shape index (κ1) is 18.0. The van der Waals surface area contributed by atoms with Gasteiger partial charge in [0.05, 0.1) is 12.2 Å². The Morgan fingerprint density at radius 2 is 1.66 bits per heavy atom. The molecular formula is C25H25NO3. The number of hydrogen-bond acceptors (Lipinski definition) is 3. The number of para-hydroxylation sites is 1. The van der Waals surface area contributed by atoms with Crippen LogP contribution in [0.25, 0.3) is 22.2 Å². The van der Waals surface area contributed by atoms with E-state index in [-0.39, 0.29) is 6.29 Å². The highest BCUT2D eigenvalue weighted by atomic mass is 16.7. The van der Waals surface area contributed by atoms with Crippen molar-refractivity contribution < 1.29 is 14.3 Å². The van der Waals surface area contributed by atoms with E-state index in [0.717, 1.165) is 23.1 Å². The van der Waals surface area contributed by atoms with E-state index in [1.165, 1.54) is 48.6 Å². The summed E-state index contributed by atoms with van der Waals surface area (Å²) >= 11 is 0. The van der Waals surface area contributed by atoms with E-state index in [1.54, 1.807) is 12.5 Å². The zero-order valence-electron chi connectivity index (χ0n) is 16.4. The van der Waals surface area contributed by atoms with Crippen LogP contribution in [0.1, 0.15) is 53.9 Å². The molecule has 2 aliphatic rings. The predicted octanol–water partition coefficient (Wildman–Crippen LogP) is 6.01. The van der Waals surface area contributed by atoms with Gasteiger partial charge in [-0.1, -0.05) is 61.7 Å². The number of carbonyl (C=O) groups is 1. The Morgan fingerprint density at radius 1 is 0.931 bits per heavy atom. The molecule has 148 valence electrons. The third-order valence-electron chi connectivity index (χ3n) is 6.21. The minimum atomic E-state index is -0.354. The Bertz CT molecular complexity index is 1050. The molecule has 4 heteroatoms. The van der Waals surface area contributed by atoms with Gasteiger partial charge in [-0.05, 0) is 30.4 Å². The second-order valence-corrected chi connectivity index (χ2v) is 7.90. The lowest BCUT2D eigenvalue weighted by Crippen LogP contribution is -2.18. The fourth-order valence-electron chi connectivity index (χ4n) is 4.94. The lowest BCUT2D eigenvalue weighted by atomic mass is 9.81. The van der Waals surface area contributed by atoms with Crippen LogP contribution in [0.4, 0.5) is 0 Å². The van der Waals surface area contributed by atoms with E-state index in [1.807, 2.05) is 18.2 Å². The molecule has 1 fully saturated rings. The summed E-state index contributed by atoms with van der Waals surface area (Å²) in [5.74, 6) is 0.508. The molecule has 0 unspecified atom stereocenters. The fraction of sp³-hybridized carbons (Fsp3) is 0.320. The molecule has 1 aromatic heterocycles. The van der Waals surface area contributed by atoms with Gasteiger partial charge in [0.15, 0.2) is 6.29 Å². The minimum Gasteiger partial charge on any atom is -0.457 e. The summed E-state index contributed by atoms with van der Waals surface area (Å²) in [7, 11) is 0. The fourth-order valence-corrected chi connectivity index (χ4v) is 4.94. The molecule has 1 aliphatic carbocycles. The number of hydrogen-bond donors (Lipinski definition) is 0. The molecule has 1 aliphatic heterocycles. The van der Waals surface area contributed by atoms with Crippen LogP contribution >= 0.6 is 0 Å². The molecular weight excluding hydrogens is 362 g/mol. The van der Waals surface area contributed by atoms with Gasteiger partial charge >= 0.3 is 0 Å². The second-order valence-electron chi connectivity index (χ2n) is 7.90. The van der Waals surface area contributed by atoms with E-state index >= 15 is 0 Å². The second kappa shape index (κ2) is 7.78. The first-order chi connectivity index (χ1) is 14.4. The summed E-state index contributed by atoms with van der Waals surface area (Å²) in [6, 6.07) is 16.5. The highest BCUT2D eigenvalue weighted by Crippen LogP contribution is 2.44. The topological polar surface area (TPSA) is 40.5 Å².